The Morgan fingerprint density at radius 3 is 2.19 bits per heavy atom. The molecule has 0 saturated heterocycles. The van der Waals surface area contributed by atoms with Gasteiger partial charge in [-0.05, 0) is 24.6 Å². The number of benzene rings is 2. The van der Waals surface area contributed by atoms with Crippen molar-refractivity contribution in [3.8, 4) is 5.75 Å². The van der Waals surface area contributed by atoms with E-state index in [1.165, 1.54) is 30.7 Å². The zero-order chi connectivity index (χ0) is 23.5. The Kier molecular flexibility index (Phi) is 7.09. The van der Waals surface area contributed by atoms with E-state index in [4.69, 9.17) is 4.74 Å². The quantitative estimate of drug-likeness (QED) is 0.275. The molecule has 2 amide bonds. The van der Waals surface area contributed by atoms with Crippen molar-refractivity contribution in [3.05, 3.63) is 41.5 Å². The summed E-state index contributed by atoms with van der Waals surface area (Å²) in [6.07, 6.45) is 6.41. The summed E-state index contributed by atoms with van der Waals surface area (Å²) in [5.41, 5.74) is -6.13. The first-order chi connectivity index (χ1) is 15.1. The first-order valence-corrected chi connectivity index (χ1v) is 11.6. The van der Waals surface area contributed by atoms with E-state index in [-0.39, 0.29) is 21.6 Å². The molecule has 0 radical (unpaired) electrons. The second-order valence-electron chi connectivity index (χ2n) is 7.33. The number of imide groups is 1. The van der Waals surface area contributed by atoms with Crippen LogP contribution >= 0.6 is 0 Å². The van der Waals surface area contributed by atoms with Gasteiger partial charge in [0.05, 0.1) is 17.7 Å². The second kappa shape index (κ2) is 9.45. The van der Waals surface area contributed by atoms with Crippen LogP contribution in [0.3, 0.4) is 0 Å². The minimum Gasteiger partial charge on any atom is -0.493 e. The van der Waals surface area contributed by atoms with Crippen molar-refractivity contribution in [2.24, 2.45) is 0 Å². The van der Waals surface area contributed by atoms with E-state index < -0.39 is 27.4 Å². The number of hydrogen-bond acceptors (Lipinski definition) is 6. The molecule has 3 rings (SSSR count). The molecule has 11 heteroatoms. The van der Waals surface area contributed by atoms with E-state index in [0.717, 1.165) is 32.1 Å². The molecule has 0 atom stereocenters. The molecule has 2 aromatic carbocycles. The lowest BCUT2D eigenvalue weighted by Gasteiger charge is -2.26. The third-order valence-electron chi connectivity index (χ3n) is 5.04. The number of alkyl halides is 3. The van der Waals surface area contributed by atoms with Gasteiger partial charge in [0.15, 0.2) is 0 Å². The zero-order valence-corrected chi connectivity index (χ0v) is 18.1. The second-order valence-corrected chi connectivity index (χ2v) is 8.85. The van der Waals surface area contributed by atoms with E-state index in [0.29, 0.717) is 17.7 Å². The van der Waals surface area contributed by atoms with Gasteiger partial charge in [0.1, 0.15) is 5.75 Å². The summed E-state index contributed by atoms with van der Waals surface area (Å²) in [5, 5.41) is 0.217. The SMILES string of the molecule is CCCCCCCCOc1ccc2c3c(cccc13)C(=O)N(OS(=O)(=O)C(F)(F)F)C2=O. The fourth-order valence-corrected chi connectivity index (χ4v) is 3.86. The van der Waals surface area contributed by atoms with E-state index in [2.05, 4.69) is 11.2 Å². The third-order valence-corrected chi connectivity index (χ3v) is 5.95. The number of rotatable bonds is 10. The molecular formula is C21H22F3NO6S. The van der Waals surface area contributed by atoms with Crippen molar-refractivity contribution in [3.63, 3.8) is 0 Å². The number of hydroxylamine groups is 2. The lowest BCUT2D eigenvalue weighted by atomic mass is 9.94. The highest BCUT2D eigenvalue weighted by Crippen LogP contribution is 2.37. The zero-order valence-electron chi connectivity index (χ0n) is 17.3. The number of nitrogens with zero attached hydrogens (tertiary/aromatic N) is 1. The van der Waals surface area contributed by atoms with Crippen molar-refractivity contribution < 1.29 is 40.2 Å². The molecule has 0 unspecified atom stereocenters. The molecule has 0 bridgehead atoms. The van der Waals surface area contributed by atoms with Crippen molar-refractivity contribution in [2.45, 2.75) is 51.0 Å². The first kappa shape index (κ1) is 24.0. The molecule has 174 valence electrons. The Bertz CT molecular complexity index is 1110. The van der Waals surface area contributed by atoms with E-state index in [1.807, 2.05) is 0 Å². The Balaban J connectivity index is 1.84. The number of carbonyl (C=O) groups is 2. The van der Waals surface area contributed by atoms with Gasteiger partial charge in [-0.15, -0.1) is 9.35 Å². The molecule has 0 fully saturated rings. The molecule has 7 nitrogen and oxygen atoms in total. The highest BCUT2D eigenvalue weighted by atomic mass is 32.2. The number of halogens is 3. The van der Waals surface area contributed by atoms with Crippen LogP contribution in [0.1, 0.15) is 66.2 Å². The van der Waals surface area contributed by atoms with E-state index in [9.17, 15) is 31.2 Å². The van der Waals surface area contributed by atoms with Crippen LogP contribution in [0.5, 0.6) is 5.75 Å². The predicted octanol–water partition coefficient (Wildman–Crippen LogP) is 4.96. The summed E-state index contributed by atoms with van der Waals surface area (Å²) in [7, 11) is -6.21. The van der Waals surface area contributed by atoms with Gasteiger partial charge in [0.25, 0.3) is 11.8 Å². The van der Waals surface area contributed by atoms with Gasteiger partial charge in [-0.25, -0.2) is 0 Å². The molecule has 0 aromatic heterocycles. The van der Waals surface area contributed by atoms with Crippen molar-refractivity contribution in [2.75, 3.05) is 6.61 Å². The van der Waals surface area contributed by atoms with Crippen LogP contribution in [0.25, 0.3) is 10.8 Å². The lowest BCUT2D eigenvalue weighted by molar-refractivity contribution is -0.0761. The molecule has 0 aliphatic carbocycles. The summed E-state index contributed by atoms with van der Waals surface area (Å²) in [6, 6.07) is 7.08. The minimum atomic E-state index is -6.21. The van der Waals surface area contributed by atoms with Crippen LogP contribution in [0.4, 0.5) is 13.2 Å². The number of unbranched alkanes of at least 4 members (excludes halogenated alkanes) is 5. The maximum atomic E-state index is 12.7. The summed E-state index contributed by atoms with van der Waals surface area (Å²) in [5.74, 6) is -2.21. The minimum absolute atomic E-state index is 0.167. The monoisotopic (exact) mass is 473 g/mol. The summed E-state index contributed by atoms with van der Waals surface area (Å²) in [6.45, 7) is 2.56. The van der Waals surface area contributed by atoms with Gasteiger partial charge in [0, 0.05) is 10.8 Å². The highest BCUT2D eigenvalue weighted by molar-refractivity contribution is 7.87. The predicted molar refractivity (Wildman–Crippen MR) is 109 cm³/mol. The number of amides is 2. The van der Waals surface area contributed by atoms with Crippen LogP contribution in [0, 0.1) is 0 Å². The fourth-order valence-electron chi connectivity index (χ4n) is 3.45. The topological polar surface area (TPSA) is 90.0 Å². The largest absolute Gasteiger partial charge is 0.525 e. The number of carbonyl (C=O) groups excluding carboxylic acids is 2. The van der Waals surface area contributed by atoms with E-state index in [1.54, 1.807) is 6.07 Å². The van der Waals surface area contributed by atoms with Gasteiger partial charge in [-0.1, -0.05) is 51.2 Å². The molecule has 0 spiro atoms. The Morgan fingerprint density at radius 2 is 1.53 bits per heavy atom. The molecule has 2 aromatic rings. The van der Waals surface area contributed by atoms with Crippen molar-refractivity contribution in [1.29, 1.82) is 0 Å². The lowest BCUT2D eigenvalue weighted by Crippen LogP contribution is -2.44. The van der Waals surface area contributed by atoms with Gasteiger partial charge < -0.3 is 4.74 Å². The smallest absolute Gasteiger partial charge is 0.493 e. The Labute approximate surface area is 183 Å². The number of hydrogen-bond donors (Lipinski definition) is 0. The fraction of sp³-hybridized carbons (Fsp3) is 0.429. The highest BCUT2D eigenvalue weighted by Gasteiger charge is 2.51. The summed E-state index contributed by atoms with van der Waals surface area (Å²) >= 11 is 0. The van der Waals surface area contributed by atoms with Crippen LogP contribution in [0.2, 0.25) is 0 Å². The molecule has 0 N–H and O–H groups in total. The Morgan fingerprint density at radius 1 is 0.906 bits per heavy atom. The van der Waals surface area contributed by atoms with E-state index >= 15 is 0 Å². The van der Waals surface area contributed by atoms with Crippen molar-refractivity contribution >= 4 is 32.7 Å². The van der Waals surface area contributed by atoms with Gasteiger partial charge in [0.2, 0.25) is 0 Å². The Hall–Kier alpha value is -2.66. The normalized spacial score (nSPS) is 14.3. The summed E-state index contributed by atoms with van der Waals surface area (Å²) in [4.78, 5) is 25.2. The van der Waals surface area contributed by atoms with Crippen LogP contribution in [-0.4, -0.2) is 37.4 Å². The van der Waals surface area contributed by atoms with Gasteiger partial charge in [-0.2, -0.15) is 21.6 Å². The average molecular weight is 473 g/mol. The molecule has 1 aliphatic rings. The standard InChI is InChI=1S/C21H22F3NO6S/c1-2-3-4-5-6-7-13-30-17-12-11-16-18-14(17)9-8-10-15(18)19(26)25(20(16)27)31-32(28,29)21(22,23)24/h8-12H,2-7,13H2,1H3. The first-order valence-electron chi connectivity index (χ1n) is 10.2. The van der Waals surface area contributed by atoms with Gasteiger partial charge in [-0.3, -0.25) is 9.59 Å². The third kappa shape index (κ3) is 4.73. The maximum absolute atomic E-state index is 12.7. The molecular weight excluding hydrogens is 451 g/mol. The molecule has 0 saturated carbocycles. The maximum Gasteiger partial charge on any atom is 0.525 e. The van der Waals surface area contributed by atoms with Crippen LogP contribution in [0.15, 0.2) is 30.3 Å². The molecule has 1 aliphatic heterocycles. The van der Waals surface area contributed by atoms with Crippen LogP contribution < -0.4 is 4.74 Å². The number of ether oxygens (including phenoxy) is 1. The summed E-state index contributed by atoms with van der Waals surface area (Å²) < 4.78 is 70.4. The molecule has 1 heterocycles. The van der Waals surface area contributed by atoms with Gasteiger partial charge >= 0.3 is 15.6 Å². The molecule has 32 heavy (non-hydrogen) atoms. The average Bonchev–Trinajstić information content (AvgIpc) is 2.74. The van der Waals surface area contributed by atoms with Crippen molar-refractivity contribution in [1.82, 2.24) is 5.06 Å². The van der Waals surface area contributed by atoms with Crippen LogP contribution in [-0.2, 0) is 14.4 Å².